The number of ketones is 1. The summed E-state index contributed by atoms with van der Waals surface area (Å²) in [6.07, 6.45) is 3.52. The number of aryl methyl sites for hydroxylation is 2. The van der Waals surface area contributed by atoms with Crippen LogP contribution in [-0.2, 0) is 23.4 Å². The zero-order valence-corrected chi connectivity index (χ0v) is 16.7. The van der Waals surface area contributed by atoms with Crippen molar-refractivity contribution >= 4 is 23.2 Å². The fraction of sp³-hybridized carbons (Fsp3) is 0.435. The Balaban J connectivity index is 1.49. The van der Waals surface area contributed by atoms with E-state index in [0.717, 1.165) is 31.7 Å². The van der Waals surface area contributed by atoms with Crippen LogP contribution in [0.2, 0.25) is 0 Å². The lowest BCUT2D eigenvalue weighted by Gasteiger charge is -2.28. The lowest BCUT2D eigenvalue weighted by Crippen LogP contribution is -2.33. The fourth-order valence-electron chi connectivity index (χ4n) is 3.24. The molecule has 3 rings (SSSR count). The highest BCUT2D eigenvalue weighted by Crippen LogP contribution is 2.21. The lowest BCUT2D eigenvalue weighted by atomic mass is 10.0. The van der Waals surface area contributed by atoms with E-state index in [0.29, 0.717) is 23.9 Å². The maximum absolute atomic E-state index is 11.4. The first kappa shape index (κ1) is 19.0. The standard InChI is InChI=1S/C23H29NOS/c1-18(2)26-17-21-7-5-19(6-8-21)3-4-20-9-11-22(12-10-20)24-15-13-23(25)14-16-24/h5-12,18H,3-4,13-17H2,1-2H3. The molecule has 3 heteroatoms. The number of rotatable bonds is 7. The van der Waals surface area contributed by atoms with Crippen molar-refractivity contribution in [2.75, 3.05) is 18.0 Å². The predicted octanol–water partition coefficient (Wildman–Crippen LogP) is 5.28. The van der Waals surface area contributed by atoms with Gasteiger partial charge >= 0.3 is 0 Å². The van der Waals surface area contributed by atoms with Crippen molar-refractivity contribution in [2.45, 2.75) is 50.5 Å². The van der Waals surface area contributed by atoms with Gasteiger partial charge in [-0.05, 0) is 46.9 Å². The molecule has 2 aromatic rings. The van der Waals surface area contributed by atoms with E-state index >= 15 is 0 Å². The Morgan fingerprint density at radius 1 is 0.846 bits per heavy atom. The molecule has 26 heavy (non-hydrogen) atoms. The third-order valence-electron chi connectivity index (χ3n) is 4.93. The first-order chi connectivity index (χ1) is 12.6. The molecule has 2 aromatic carbocycles. The van der Waals surface area contributed by atoms with Crippen LogP contribution in [0, 0.1) is 0 Å². The van der Waals surface area contributed by atoms with Gasteiger partial charge in [0.05, 0.1) is 0 Å². The molecule has 0 spiro atoms. The molecule has 138 valence electrons. The quantitative estimate of drug-likeness (QED) is 0.664. The van der Waals surface area contributed by atoms with Crippen LogP contribution in [-0.4, -0.2) is 24.1 Å². The number of thioether (sulfide) groups is 1. The van der Waals surface area contributed by atoms with Gasteiger partial charge in [0.25, 0.3) is 0 Å². The number of nitrogens with zero attached hydrogens (tertiary/aromatic N) is 1. The Hall–Kier alpha value is -1.74. The molecule has 0 aliphatic carbocycles. The molecular formula is C23H29NOS. The summed E-state index contributed by atoms with van der Waals surface area (Å²) in [6, 6.07) is 18.0. The number of anilines is 1. The zero-order valence-electron chi connectivity index (χ0n) is 15.9. The maximum Gasteiger partial charge on any atom is 0.136 e. The van der Waals surface area contributed by atoms with E-state index in [9.17, 15) is 4.79 Å². The van der Waals surface area contributed by atoms with E-state index in [-0.39, 0.29) is 0 Å². The summed E-state index contributed by atoms with van der Waals surface area (Å²) < 4.78 is 0. The summed E-state index contributed by atoms with van der Waals surface area (Å²) in [5, 5.41) is 0.683. The van der Waals surface area contributed by atoms with E-state index in [2.05, 4.69) is 67.3 Å². The second kappa shape index (κ2) is 9.27. The zero-order chi connectivity index (χ0) is 18.4. The minimum Gasteiger partial charge on any atom is -0.371 e. The second-order valence-corrected chi connectivity index (χ2v) is 8.93. The Morgan fingerprint density at radius 2 is 1.35 bits per heavy atom. The molecule has 0 bridgehead atoms. The molecule has 0 radical (unpaired) electrons. The van der Waals surface area contributed by atoms with Gasteiger partial charge in [0, 0.05) is 37.4 Å². The number of benzene rings is 2. The SMILES string of the molecule is CC(C)SCc1ccc(CCc2ccc(N3CCC(=O)CC3)cc2)cc1. The first-order valence-electron chi connectivity index (χ1n) is 9.65. The van der Waals surface area contributed by atoms with Crippen molar-refractivity contribution in [3.8, 4) is 0 Å². The van der Waals surface area contributed by atoms with Crippen molar-refractivity contribution in [3.05, 3.63) is 65.2 Å². The highest BCUT2D eigenvalue weighted by atomic mass is 32.2. The molecule has 1 saturated heterocycles. The average molecular weight is 368 g/mol. The van der Waals surface area contributed by atoms with E-state index < -0.39 is 0 Å². The minimum absolute atomic E-state index is 0.395. The van der Waals surface area contributed by atoms with Gasteiger partial charge in [-0.1, -0.05) is 50.2 Å². The molecule has 2 nitrogen and oxygen atoms in total. The molecule has 0 N–H and O–H groups in total. The van der Waals surface area contributed by atoms with Crippen LogP contribution >= 0.6 is 11.8 Å². The smallest absolute Gasteiger partial charge is 0.136 e. The Labute approximate surface area is 162 Å². The van der Waals surface area contributed by atoms with Gasteiger partial charge < -0.3 is 4.90 Å². The van der Waals surface area contributed by atoms with Gasteiger partial charge in [-0.15, -0.1) is 0 Å². The van der Waals surface area contributed by atoms with E-state index in [1.807, 2.05) is 11.8 Å². The van der Waals surface area contributed by atoms with Crippen molar-refractivity contribution in [1.82, 2.24) is 0 Å². The van der Waals surface area contributed by atoms with Crippen LogP contribution in [0.15, 0.2) is 48.5 Å². The maximum atomic E-state index is 11.4. The number of piperidine rings is 1. The van der Waals surface area contributed by atoms with Gasteiger partial charge in [0.15, 0.2) is 0 Å². The number of carbonyl (C=O) groups excluding carboxylic acids is 1. The topological polar surface area (TPSA) is 20.3 Å². The number of hydrogen-bond acceptors (Lipinski definition) is 3. The summed E-state index contributed by atoms with van der Waals surface area (Å²) in [4.78, 5) is 13.7. The summed E-state index contributed by atoms with van der Waals surface area (Å²) >= 11 is 1.99. The summed E-state index contributed by atoms with van der Waals surface area (Å²) in [6.45, 7) is 6.21. The molecule has 1 aliphatic rings. The normalized spacial score (nSPS) is 14.9. The monoisotopic (exact) mass is 367 g/mol. The minimum atomic E-state index is 0.395. The largest absolute Gasteiger partial charge is 0.371 e. The van der Waals surface area contributed by atoms with E-state index in [1.165, 1.54) is 22.4 Å². The number of carbonyl (C=O) groups is 1. The van der Waals surface area contributed by atoms with Crippen LogP contribution in [0.5, 0.6) is 0 Å². The average Bonchev–Trinajstić information content (AvgIpc) is 2.66. The lowest BCUT2D eigenvalue weighted by molar-refractivity contribution is -0.119. The second-order valence-electron chi connectivity index (χ2n) is 7.37. The molecule has 1 aliphatic heterocycles. The fourth-order valence-corrected chi connectivity index (χ4v) is 3.96. The first-order valence-corrected chi connectivity index (χ1v) is 10.7. The van der Waals surface area contributed by atoms with Crippen LogP contribution in [0.1, 0.15) is 43.4 Å². The van der Waals surface area contributed by atoms with Gasteiger partial charge in [-0.25, -0.2) is 0 Å². The third kappa shape index (κ3) is 5.63. The molecule has 1 fully saturated rings. The van der Waals surface area contributed by atoms with Crippen molar-refractivity contribution in [1.29, 1.82) is 0 Å². The van der Waals surface area contributed by atoms with Crippen LogP contribution in [0.25, 0.3) is 0 Å². The van der Waals surface area contributed by atoms with Crippen molar-refractivity contribution in [2.24, 2.45) is 0 Å². The Bertz CT molecular complexity index is 696. The van der Waals surface area contributed by atoms with Crippen LogP contribution < -0.4 is 4.90 Å². The Morgan fingerprint density at radius 3 is 1.88 bits per heavy atom. The molecule has 0 unspecified atom stereocenters. The van der Waals surface area contributed by atoms with E-state index in [4.69, 9.17) is 0 Å². The molecule has 1 heterocycles. The molecule has 0 aromatic heterocycles. The van der Waals surface area contributed by atoms with Crippen LogP contribution in [0.4, 0.5) is 5.69 Å². The number of hydrogen-bond donors (Lipinski definition) is 0. The van der Waals surface area contributed by atoms with Gasteiger partial charge in [-0.2, -0.15) is 11.8 Å². The molecule has 0 saturated carbocycles. The van der Waals surface area contributed by atoms with Crippen molar-refractivity contribution in [3.63, 3.8) is 0 Å². The number of Topliss-reactive ketones (excluding diaryl/α,β-unsaturated/α-hetero) is 1. The van der Waals surface area contributed by atoms with E-state index in [1.54, 1.807) is 0 Å². The van der Waals surface area contributed by atoms with Gasteiger partial charge in [0.1, 0.15) is 5.78 Å². The predicted molar refractivity (Wildman–Crippen MR) is 113 cm³/mol. The van der Waals surface area contributed by atoms with Crippen LogP contribution in [0.3, 0.4) is 0 Å². The molecule has 0 atom stereocenters. The molecular weight excluding hydrogens is 338 g/mol. The molecule has 0 amide bonds. The summed E-state index contributed by atoms with van der Waals surface area (Å²) in [7, 11) is 0. The van der Waals surface area contributed by atoms with Crippen molar-refractivity contribution < 1.29 is 4.79 Å². The highest BCUT2D eigenvalue weighted by Gasteiger charge is 2.16. The third-order valence-corrected chi connectivity index (χ3v) is 6.10. The summed E-state index contributed by atoms with van der Waals surface area (Å²) in [5.41, 5.74) is 5.44. The highest BCUT2D eigenvalue weighted by molar-refractivity contribution is 7.99. The van der Waals surface area contributed by atoms with Gasteiger partial charge in [0.2, 0.25) is 0 Å². The Kier molecular flexibility index (Phi) is 6.79. The summed E-state index contributed by atoms with van der Waals surface area (Å²) in [5.74, 6) is 1.49. The van der Waals surface area contributed by atoms with Gasteiger partial charge in [-0.3, -0.25) is 4.79 Å².